The van der Waals surface area contributed by atoms with Gasteiger partial charge in [0.15, 0.2) is 0 Å². The summed E-state index contributed by atoms with van der Waals surface area (Å²) in [6, 6.07) is 6.98. The highest BCUT2D eigenvalue weighted by Gasteiger charge is 2.24. The molecule has 0 spiro atoms. The van der Waals surface area contributed by atoms with Crippen molar-refractivity contribution in [1.29, 1.82) is 0 Å². The first-order chi connectivity index (χ1) is 9.57. The molecule has 0 saturated carbocycles. The lowest BCUT2D eigenvalue weighted by Gasteiger charge is -2.20. The molecular weight excluding hydrogens is 296 g/mol. The van der Waals surface area contributed by atoms with E-state index in [0.717, 1.165) is 17.3 Å². The van der Waals surface area contributed by atoms with E-state index in [1.54, 1.807) is 0 Å². The lowest BCUT2D eigenvalue weighted by atomic mass is 10.6. The zero-order valence-electron chi connectivity index (χ0n) is 14.4. The molecule has 0 fully saturated rings. The Balaban J connectivity index is 5.14. The topological polar surface area (TPSA) is 26.3 Å². The first kappa shape index (κ1) is 19.9. The minimum absolute atomic E-state index is 0.0742. The standard InChI is InChI=1S/C15H34O2Si3/c1-7-18(8-2)13-14(19(9-3)10-4)15(16)17-20(11-5)12-6/h13,18-20H,7-12H2,1-6H3. The summed E-state index contributed by atoms with van der Waals surface area (Å²) >= 11 is 0. The maximum absolute atomic E-state index is 12.6. The van der Waals surface area contributed by atoms with Crippen LogP contribution in [0.4, 0.5) is 0 Å². The van der Waals surface area contributed by atoms with Gasteiger partial charge < -0.3 is 4.43 Å². The number of carbonyl (C=O) groups excluding carboxylic acids is 1. The summed E-state index contributed by atoms with van der Waals surface area (Å²) in [5.74, 6) is 0.0742. The van der Waals surface area contributed by atoms with Crippen molar-refractivity contribution in [3.8, 4) is 0 Å². The molecule has 2 nitrogen and oxygen atoms in total. The van der Waals surface area contributed by atoms with E-state index in [1.165, 1.54) is 24.2 Å². The van der Waals surface area contributed by atoms with Gasteiger partial charge in [0.2, 0.25) is 9.04 Å². The summed E-state index contributed by atoms with van der Waals surface area (Å²) in [5, 5.41) is 1.15. The molecule has 0 aromatic heterocycles. The third kappa shape index (κ3) is 6.54. The number of hydrogen-bond acceptors (Lipinski definition) is 2. The monoisotopic (exact) mass is 330 g/mol. The Morgan fingerprint density at radius 3 is 1.70 bits per heavy atom. The second-order valence-corrected chi connectivity index (χ2v) is 15.8. The second kappa shape index (κ2) is 11.5. The highest BCUT2D eigenvalue weighted by Crippen LogP contribution is 2.17. The summed E-state index contributed by atoms with van der Waals surface area (Å²) < 4.78 is 5.87. The van der Waals surface area contributed by atoms with Crippen LogP contribution in [0.5, 0.6) is 0 Å². The van der Waals surface area contributed by atoms with Crippen molar-refractivity contribution in [2.75, 3.05) is 0 Å². The Morgan fingerprint density at radius 2 is 1.35 bits per heavy atom. The van der Waals surface area contributed by atoms with Crippen LogP contribution in [-0.2, 0) is 9.22 Å². The predicted octanol–water partition coefficient (Wildman–Crippen LogP) is 3.83. The van der Waals surface area contributed by atoms with Gasteiger partial charge in [-0.15, -0.1) is 0 Å². The molecule has 20 heavy (non-hydrogen) atoms. The average molecular weight is 331 g/mol. The second-order valence-electron chi connectivity index (χ2n) is 5.56. The van der Waals surface area contributed by atoms with Gasteiger partial charge in [-0.1, -0.05) is 71.4 Å². The van der Waals surface area contributed by atoms with Gasteiger partial charge in [-0.25, -0.2) is 4.79 Å². The summed E-state index contributed by atoms with van der Waals surface area (Å²) in [6.45, 7) is 13.3. The first-order valence-corrected chi connectivity index (χ1v) is 15.1. The van der Waals surface area contributed by atoms with Gasteiger partial charge >= 0.3 is 5.97 Å². The van der Waals surface area contributed by atoms with Crippen LogP contribution in [0.15, 0.2) is 10.9 Å². The molecule has 0 aliphatic rings. The lowest BCUT2D eigenvalue weighted by molar-refractivity contribution is -0.129. The van der Waals surface area contributed by atoms with E-state index in [1.807, 2.05) is 0 Å². The normalized spacial score (nSPS) is 12.6. The molecule has 0 amide bonds. The van der Waals surface area contributed by atoms with Gasteiger partial charge in [-0.3, -0.25) is 0 Å². The Hall–Kier alpha value is -0.139. The molecule has 0 saturated heterocycles. The molecule has 0 aliphatic carbocycles. The molecule has 0 aromatic rings. The molecule has 0 heterocycles. The van der Waals surface area contributed by atoms with Crippen LogP contribution >= 0.6 is 0 Å². The number of rotatable bonds is 10. The maximum atomic E-state index is 12.6. The van der Waals surface area contributed by atoms with Crippen molar-refractivity contribution in [3.05, 3.63) is 10.9 Å². The summed E-state index contributed by atoms with van der Waals surface area (Å²) in [4.78, 5) is 12.6. The quantitative estimate of drug-likeness (QED) is 0.449. The van der Waals surface area contributed by atoms with Crippen LogP contribution in [0.2, 0.25) is 36.3 Å². The Morgan fingerprint density at radius 1 is 0.850 bits per heavy atom. The Labute approximate surface area is 130 Å². The molecule has 0 rings (SSSR count). The molecule has 0 unspecified atom stereocenters. The zero-order chi connectivity index (χ0) is 15.5. The largest absolute Gasteiger partial charge is 0.519 e. The van der Waals surface area contributed by atoms with Gasteiger partial charge in [0, 0.05) is 5.20 Å². The van der Waals surface area contributed by atoms with Crippen molar-refractivity contribution in [3.63, 3.8) is 0 Å². The van der Waals surface area contributed by atoms with E-state index >= 15 is 0 Å². The molecule has 0 atom stereocenters. The van der Waals surface area contributed by atoms with Crippen LogP contribution in [-0.4, -0.2) is 32.6 Å². The maximum Gasteiger partial charge on any atom is 0.315 e. The van der Waals surface area contributed by atoms with Crippen molar-refractivity contribution >= 4 is 32.6 Å². The molecular formula is C15H34O2Si3. The Kier molecular flexibility index (Phi) is 11.4. The highest BCUT2D eigenvalue weighted by atomic mass is 28.3. The van der Waals surface area contributed by atoms with E-state index < -0.39 is 26.6 Å². The van der Waals surface area contributed by atoms with Crippen LogP contribution in [0.25, 0.3) is 0 Å². The molecule has 0 aliphatic heterocycles. The number of carbonyl (C=O) groups is 1. The highest BCUT2D eigenvalue weighted by molar-refractivity contribution is 6.76. The third-order valence-corrected chi connectivity index (χ3v) is 13.3. The molecule has 0 radical (unpaired) electrons. The molecule has 0 N–H and O–H groups in total. The smallest absolute Gasteiger partial charge is 0.315 e. The van der Waals surface area contributed by atoms with Crippen LogP contribution in [0.1, 0.15) is 41.5 Å². The average Bonchev–Trinajstić information content (AvgIpc) is 2.48. The van der Waals surface area contributed by atoms with Gasteiger partial charge in [0.05, 0.1) is 17.6 Å². The fourth-order valence-electron chi connectivity index (χ4n) is 2.55. The number of hydrogen-bond donors (Lipinski definition) is 0. The van der Waals surface area contributed by atoms with E-state index in [9.17, 15) is 4.79 Å². The van der Waals surface area contributed by atoms with E-state index in [0.29, 0.717) is 0 Å². The third-order valence-electron chi connectivity index (χ3n) is 4.31. The van der Waals surface area contributed by atoms with Gasteiger partial charge in [-0.05, 0) is 12.1 Å². The SMILES string of the molecule is CC[SiH](C=C(C(=O)O[SiH](CC)CC)[SiH](CC)CC)CC. The summed E-state index contributed by atoms with van der Waals surface area (Å²) in [7, 11) is -3.24. The summed E-state index contributed by atoms with van der Waals surface area (Å²) in [6.07, 6.45) is 0. The minimum atomic E-state index is -1.29. The van der Waals surface area contributed by atoms with E-state index in [4.69, 9.17) is 4.43 Å². The minimum Gasteiger partial charge on any atom is -0.519 e. The van der Waals surface area contributed by atoms with Gasteiger partial charge in [0.1, 0.15) is 0 Å². The van der Waals surface area contributed by atoms with E-state index in [-0.39, 0.29) is 5.97 Å². The van der Waals surface area contributed by atoms with E-state index in [2.05, 4.69) is 47.2 Å². The first-order valence-electron chi connectivity index (χ1n) is 8.50. The van der Waals surface area contributed by atoms with Crippen LogP contribution < -0.4 is 0 Å². The molecule has 0 bridgehead atoms. The fraction of sp³-hybridized carbons (Fsp3) is 0.800. The van der Waals surface area contributed by atoms with Gasteiger partial charge in [0.25, 0.3) is 0 Å². The van der Waals surface area contributed by atoms with Crippen molar-refractivity contribution in [2.45, 2.75) is 77.8 Å². The van der Waals surface area contributed by atoms with Crippen LogP contribution in [0.3, 0.4) is 0 Å². The van der Waals surface area contributed by atoms with Crippen molar-refractivity contribution in [1.82, 2.24) is 0 Å². The van der Waals surface area contributed by atoms with Crippen molar-refractivity contribution < 1.29 is 9.22 Å². The lowest BCUT2D eigenvalue weighted by Crippen LogP contribution is -2.29. The fourth-order valence-corrected chi connectivity index (χ4v) is 9.49. The zero-order valence-corrected chi connectivity index (χ0v) is 17.8. The molecule has 0 aromatic carbocycles. The summed E-state index contributed by atoms with van der Waals surface area (Å²) in [5.41, 5.74) is 2.41. The van der Waals surface area contributed by atoms with Crippen LogP contribution in [0, 0.1) is 0 Å². The predicted molar refractivity (Wildman–Crippen MR) is 98.5 cm³/mol. The van der Waals surface area contributed by atoms with Crippen molar-refractivity contribution in [2.24, 2.45) is 0 Å². The molecule has 118 valence electrons. The Bertz CT molecular complexity index is 293. The molecule has 5 heteroatoms. The van der Waals surface area contributed by atoms with Gasteiger partial charge in [-0.2, -0.15) is 0 Å².